The first kappa shape index (κ1) is 12.5. The largest absolute Gasteiger partial charge is 0.393 e. The molecule has 2 atom stereocenters. The Kier molecular flexibility index (Phi) is 4.12. The van der Waals surface area contributed by atoms with Crippen LogP contribution in [0.4, 0.5) is 0 Å². The maximum absolute atomic E-state index is 9.53. The van der Waals surface area contributed by atoms with Gasteiger partial charge in [0, 0.05) is 6.61 Å². The van der Waals surface area contributed by atoms with Crippen LogP contribution in [0.5, 0.6) is 0 Å². The molecule has 1 aromatic rings. The molecule has 1 aromatic heterocycles. The van der Waals surface area contributed by atoms with E-state index in [2.05, 4.69) is 10.1 Å². The predicted molar refractivity (Wildman–Crippen MR) is 61.4 cm³/mol. The SMILES string of the molecule is CCOC(c1noc(CC(O)CC)n1)C1CC1. The maximum Gasteiger partial charge on any atom is 0.229 e. The lowest BCUT2D eigenvalue weighted by Gasteiger charge is -2.11. The zero-order valence-electron chi connectivity index (χ0n) is 10.4. The third kappa shape index (κ3) is 3.26. The molecule has 1 aliphatic carbocycles. The molecule has 0 radical (unpaired) electrons. The van der Waals surface area contributed by atoms with Gasteiger partial charge >= 0.3 is 0 Å². The second-order valence-corrected chi connectivity index (χ2v) is 4.53. The summed E-state index contributed by atoms with van der Waals surface area (Å²) in [4.78, 5) is 4.32. The molecule has 17 heavy (non-hydrogen) atoms. The van der Waals surface area contributed by atoms with E-state index in [0.717, 1.165) is 0 Å². The van der Waals surface area contributed by atoms with Crippen LogP contribution >= 0.6 is 0 Å². The number of aromatic nitrogens is 2. The molecule has 0 saturated heterocycles. The van der Waals surface area contributed by atoms with E-state index in [4.69, 9.17) is 9.26 Å². The van der Waals surface area contributed by atoms with E-state index in [-0.39, 0.29) is 6.10 Å². The molecule has 5 nitrogen and oxygen atoms in total. The summed E-state index contributed by atoms with van der Waals surface area (Å²) in [5, 5.41) is 13.5. The second kappa shape index (κ2) is 5.60. The first-order valence-electron chi connectivity index (χ1n) is 6.36. The molecule has 1 N–H and O–H groups in total. The molecule has 2 unspecified atom stereocenters. The van der Waals surface area contributed by atoms with Gasteiger partial charge in [-0.25, -0.2) is 0 Å². The van der Waals surface area contributed by atoms with Crippen LogP contribution in [0.25, 0.3) is 0 Å². The van der Waals surface area contributed by atoms with E-state index in [0.29, 0.717) is 37.1 Å². The van der Waals surface area contributed by atoms with E-state index >= 15 is 0 Å². The van der Waals surface area contributed by atoms with Crippen LogP contribution in [0, 0.1) is 5.92 Å². The molecular formula is C12H20N2O3. The zero-order chi connectivity index (χ0) is 12.3. The van der Waals surface area contributed by atoms with Crippen molar-refractivity contribution < 1.29 is 14.4 Å². The van der Waals surface area contributed by atoms with Crippen molar-refractivity contribution in [1.29, 1.82) is 0 Å². The van der Waals surface area contributed by atoms with Crippen molar-refractivity contribution in [1.82, 2.24) is 10.1 Å². The number of rotatable bonds is 7. The van der Waals surface area contributed by atoms with Gasteiger partial charge in [-0.1, -0.05) is 12.1 Å². The maximum atomic E-state index is 9.53. The molecule has 1 aliphatic rings. The monoisotopic (exact) mass is 240 g/mol. The van der Waals surface area contributed by atoms with Crippen molar-refractivity contribution in [3.63, 3.8) is 0 Å². The van der Waals surface area contributed by atoms with E-state index in [1.807, 2.05) is 13.8 Å². The highest BCUT2D eigenvalue weighted by molar-refractivity contribution is 4.98. The van der Waals surface area contributed by atoms with E-state index in [1.54, 1.807) is 0 Å². The summed E-state index contributed by atoms with van der Waals surface area (Å²) < 4.78 is 10.8. The van der Waals surface area contributed by atoms with Crippen molar-refractivity contribution in [2.24, 2.45) is 5.92 Å². The normalized spacial score (nSPS) is 19.2. The number of aliphatic hydroxyl groups excluding tert-OH is 1. The fraction of sp³-hybridized carbons (Fsp3) is 0.833. The van der Waals surface area contributed by atoms with Crippen molar-refractivity contribution in [2.75, 3.05) is 6.61 Å². The minimum absolute atomic E-state index is 0.0312. The molecule has 0 aromatic carbocycles. The highest BCUT2D eigenvalue weighted by atomic mass is 16.5. The Morgan fingerprint density at radius 1 is 1.47 bits per heavy atom. The topological polar surface area (TPSA) is 68.4 Å². The predicted octanol–water partition coefficient (Wildman–Crippen LogP) is 1.87. The van der Waals surface area contributed by atoms with Gasteiger partial charge in [-0.3, -0.25) is 0 Å². The second-order valence-electron chi connectivity index (χ2n) is 4.53. The van der Waals surface area contributed by atoms with Crippen LogP contribution in [-0.2, 0) is 11.2 Å². The highest BCUT2D eigenvalue weighted by Crippen LogP contribution is 2.42. The average molecular weight is 240 g/mol. The molecule has 5 heteroatoms. The Hall–Kier alpha value is -0.940. The quantitative estimate of drug-likeness (QED) is 0.788. The van der Waals surface area contributed by atoms with Gasteiger partial charge in [0.1, 0.15) is 6.10 Å². The number of aliphatic hydroxyl groups is 1. The Labute approximate surface area is 101 Å². The Morgan fingerprint density at radius 3 is 2.82 bits per heavy atom. The third-order valence-corrected chi connectivity index (χ3v) is 3.02. The Morgan fingerprint density at radius 2 is 2.24 bits per heavy atom. The van der Waals surface area contributed by atoms with Crippen molar-refractivity contribution in [3.05, 3.63) is 11.7 Å². The zero-order valence-corrected chi connectivity index (χ0v) is 10.4. The lowest BCUT2D eigenvalue weighted by molar-refractivity contribution is 0.0384. The van der Waals surface area contributed by atoms with Gasteiger partial charge in [0.2, 0.25) is 11.7 Å². The van der Waals surface area contributed by atoms with Gasteiger partial charge < -0.3 is 14.4 Å². The summed E-state index contributed by atoms with van der Waals surface area (Å²) in [5.41, 5.74) is 0. The molecular weight excluding hydrogens is 220 g/mol. The molecule has 96 valence electrons. The van der Waals surface area contributed by atoms with Crippen LogP contribution in [0.15, 0.2) is 4.52 Å². The van der Waals surface area contributed by atoms with Gasteiger partial charge in [0.15, 0.2) is 0 Å². The van der Waals surface area contributed by atoms with Crippen LogP contribution in [0.1, 0.15) is 50.9 Å². The van der Waals surface area contributed by atoms with E-state index in [1.165, 1.54) is 12.8 Å². The minimum atomic E-state index is -0.408. The first-order valence-corrected chi connectivity index (χ1v) is 6.36. The standard InChI is InChI=1S/C12H20N2O3/c1-3-9(15)7-10-13-12(14-17-10)11(16-4-2)8-5-6-8/h8-9,11,15H,3-7H2,1-2H3. The third-order valence-electron chi connectivity index (χ3n) is 3.02. The van der Waals surface area contributed by atoms with E-state index < -0.39 is 6.10 Å². The van der Waals surface area contributed by atoms with Gasteiger partial charge in [-0.15, -0.1) is 0 Å². The Balaban J connectivity index is 2.00. The summed E-state index contributed by atoms with van der Waals surface area (Å²) in [6.07, 6.45) is 3.02. The Bertz CT molecular complexity index is 349. The van der Waals surface area contributed by atoms with Gasteiger partial charge in [-0.05, 0) is 32.1 Å². The first-order chi connectivity index (χ1) is 8.24. The summed E-state index contributed by atoms with van der Waals surface area (Å²) >= 11 is 0. The van der Waals surface area contributed by atoms with Gasteiger partial charge in [0.25, 0.3) is 0 Å². The summed E-state index contributed by atoms with van der Waals surface area (Å²) in [5.74, 6) is 1.67. The fourth-order valence-corrected chi connectivity index (χ4v) is 1.81. The fourth-order valence-electron chi connectivity index (χ4n) is 1.81. The van der Waals surface area contributed by atoms with Gasteiger partial charge in [-0.2, -0.15) is 4.98 Å². The van der Waals surface area contributed by atoms with Crippen molar-refractivity contribution >= 4 is 0 Å². The summed E-state index contributed by atoms with van der Waals surface area (Å²) in [7, 11) is 0. The molecule has 1 heterocycles. The summed E-state index contributed by atoms with van der Waals surface area (Å²) in [6.45, 7) is 4.55. The van der Waals surface area contributed by atoms with Crippen LogP contribution in [0.3, 0.4) is 0 Å². The number of hydrogen-bond acceptors (Lipinski definition) is 5. The van der Waals surface area contributed by atoms with E-state index in [9.17, 15) is 5.11 Å². The van der Waals surface area contributed by atoms with Crippen LogP contribution in [-0.4, -0.2) is 28.0 Å². The average Bonchev–Trinajstić information content (AvgIpc) is 3.06. The van der Waals surface area contributed by atoms with Crippen molar-refractivity contribution in [3.8, 4) is 0 Å². The van der Waals surface area contributed by atoms with Crippen LogP contribution in [0.2, 0.25) is 0 Å². The van der Waals surface area contributed by atoms with Crippen LogP contribution < -0.4 is 0 Å². The smallest absolute Gasteiger partial charge is 0.229 e. The van der Waals surface area contributed by atoms with Gasteiger partial charge in [0.05, 0.1) is 12.5 Å². The number of hydrogen-bond donors (Lipinski definition) is 1. The molecule has 1 saturated carbocycles. The summed E-state index contributed by atoms with van der Waals surface area (Å²) in [6, 6.07) is 0. The number of ether oxygens (including phenoxy) is 1. The molecule has 0 aliphatic heterocycles. The lowest BCUT2D eigenvalue weighted by Crippen LogP contribution is -2.10. The molecule has 0 bridgehead atoms. The highest BCUT2D eigenvalue weighted by Gasteiger charge is 2.36. The molecule has 2 rings (SSSR count). The molecule has 0 spiro atoms. The lowest BCUT2D eigenvalue weighted by atomic mass is 10.2. The minimum Gasteiger partial charge on any atom is -0.393 e. The number of nitrogens with zero attached hydrogens (tertiary/aromatic N) is 2. The molecule has 0 amide bonds. The van der Waals surface area contributed by atoms with Crippen molar-refractivity contribution in [2.45, 2.75) is 51.7 Å². The molecule has 1 fully saturated rings.